The molecule has 0 heterocycles. The molecular formula is C13H27NO3S. The molecular weight excluding hydrogens is 250 g/mol. The molecule has 1 N–H and O–H groups in total. The molecule has 1 atom stereocenters. The molecule has 0 bridgehead atoms. The molecule has 108 valence electrons. The number of hydrogen-bond donors (Lipinski definition) is 1. The molecule has 1 aliphatic rings. The highest BCUT2D eigenvalue weighted by Gasteiger charge is 2.31. The Balaban J connectivity index is 2.32. The molecule has 1 saturated carbocycles. The van der Waals surface area contributed by atoms with E-state index in [-0.39, 0.29) is 10.5 Å². The Hall–Kier alpha value is -0.130. The summed E-state index contributed by atoms with van der Waals surface area (Å²) >= 11 is 0. The van der Waals surface area contributed by atoms with E-state index in [0.717, 1.165) is 45.3 Å². The van der Waals surface area contributed by atoms with Crippen molar-refractivity contribution in [3.63, 3.8) is 0 Å². The molecule has 0 aliphatic heterocycles. The van der Waals surface area contributed by atoms with E-state index in [1.54, 1.807) is 7.11 Å². The van der Waals surface area contributed by atoms with Gasteiger partial charge in [-0.2, -0.15) is 0 Å². The van der Waals surface area contributed by atoms with Crippen LogP contribution in [0.5, 0.6) is 0 Å². The van der Waals surface area contributed by atoms with E-state index >= 15 is 0 Å². The van der Waals surface area contributed by atoms with Crippen molar-refractivity contribution < 1.29 is 13.2 Å². The Morgan fingerprint density at radius 2 is 1.94 bits per heavy atom. The summed E-state index contributed by atoms with van der Waals surface area (Å²) in [4.78, 5) is 0. The van der Waals surface area contributed by atoms with Crippen LogP contribution in [-0.4, -0.2) is 45.7 Å². The summed E-state index contributed by atoms with van der Waals surface area (Å²) in [6, 6.07) is 0. The average molecular weight is 277 g/mol. The maximum atomic E-state index is 12.3. The normalized spacial score (nSPS) is 19.9. The van der Waals surface area contributed by atoms with Crippen LogP contribution in [0.4, 0.5) is 0 Å². The zero-order valence-electron chi connectivity index (χ0n) is 11.7. The molecule has 0 aromatic rings. The number of methoxy groups -OCH3 is 1. The van der Waals surface area contributed by atoms with Gasteiger partial charge in [-0.05, 0) is 32.7 Å². The van der Waals surface area contributed by atoms with Gasteiger partial charge in [0.2, 0.25) is 0 Å². The fourth-order valence-corrected chi connectivity index (χ4v) is 4.48. The van der Waals surface area contributed by atoms with Crippen molar-refractivity contribution >= 4 is 9.84 Å². The van der Waals surface area contributed by atoms with Crippen LogP contribution >= 0.6 is 0 Å². The highest BCUT2D eigenvalue weighted by Crippen LogP contribution is 2.26. The average Bonchev–Trinajstić information content (AvgIpc) is 2.39. The van der Waals surface area contributed by atoms with Crippen molar-refractivity contribution in [2.24, 2.45) is 0 Å². The van der Waals surface area contributed by atoms with E-state index in [9.17, 15) is 8.42 Å². The molecule has 5 heteroatoms. The summed E-state index contributed by atoms with van der Waals surface area (Å²) in [5.41, 5.74) is 0. The lowest BCUT2D eigenvalue weighted by Gasteiger charge is -2.25. The molecule has 4 nitrogen and oxygen atoms in total. The van der Waals surface area contributed by atoms with Crippen LogP contribution in [0, 0.1) is 0 Å². The molecule has 0 radical (unpaired) electrons. The van der Waals surface area contributed by atoms with Gasteiger partial charge in [-0.1, -0.05) is 19.3 Å². The third-order valence-electron chi connectivity index (χ3n) is 3.71. The van der Waals surface area contributed by atoms with E-state index in [1.807, 2.05) is 6.92 Å². The quantitative estimate of drug-likeness (QED) is 0.687. The van der Waals surface area contributed by atoms with Crippen molar-refractivity contribution in [2.75, 3.05) is 26.8 Å². The van der Waals surface area contributed by atoms with Gasteiger partial charge in [0.25, 0.3) is 0 Å². The Morgan fingerprint density at radius 3 is 2.56 bits per heavy atom. The number of sulfone groups is 1. The van der Waals surface area contributed by atoms with Crippen molar-refractivity contribution in [1.29, 1.82) is 0 Å². The lowest BCUT2D eigenvalue weighted by atomic mass is 10.0. The minimum atomic E-state index is -2.95. The predicted molar refractivity (Wildman–Crippen MR) is 74.6 cm³/mol. The van der Waals surface area contributed by atoms with Crippen molar-refractivity contribution in [2.45, 2.75) is 55.9 Å². The Labute approximate surface area is 111 Å². The molecule has 0 saturated heterocycles. The highest BCUT2D eigenvalue weighted by atomic mass is 32.2. The fraction of sp³-hybridized carbons (Fsp3) is 1.00. The zero-order chi connectivity index (χ0) is 13.4. The van der Waals surface area contributed by atoms with Gasteiger partial charge < -0.3 is 10.1 Å². The number of ether oxygens (including phenoxy) is 1. The first-order valence-corrected chi connectivity index (χ1v) is 8.62. The van der Waals surface area contributed by atoms with Crippen LogP contribution < -0.4 is 5.32 Å². The van der Waals surface area contributed by atoms with Crippen LogP contribution in [0.25, 0.3) is 0 Å². The fourth-order valence-electron chi connectivity index (χ4n) is 2.49. The van der Waals surface area contributed by atoms with E-state index in [2.05, 4.69) is 5.32 Å². The SMILES string of the molecule is COCCCNCC(C)S(=O)(=O)C1CCCCC1. The summed E-state index contributed by atoms with van der Waals surface area (Å²) in [5, 5.41) is 2.84. The van der Waals surface area contributed by atoms with Crippen LogP contribution in [-0.2, 0) is 14.6 Å². The summed E-state index contributed by atoms with van der Waals surface area (Å²) < 4.78 is 29.6. The molecule has 1 rings (SSSR count). The lowest BCUT2D eigenvalue weighted by molar-refractivity contribution is 0.194. The van der Waals surface area contributed by atoms with Gasteiger partial charge in [0.1, 0.15) is 0 Å². The van der Waals surface area contributed by atoms with Gasteiger partial charge in [0.15, 0.2) is 9.84 Å². The first kappa shape index (κ1) is 15.9. The molecule has 1 aliphatic carbocycles. The summed E-state index contributed by atoms with van der Waals surface area (Å²) in [6.45, 7) is 3.92. The van der Waals surface area contributed by atoms with Crippen molar-refractivity contribution in [1.82, 2.24) is 5.32 Å². The molecule has 1 fully saturated rings. The summed E-state index contributed by atoms with van der Waals surface area (Å²) in [5.74, 6) is 0. The van der Waals surface area contributed by atoms with E-state index < -0.39 is 9.84 Å². The summed E-state index contributed by atoms with van der Waals surface area (Å²) in [7, 11) is -1.27. The molecule has 18 heavy (non-hydrogen) atoms. The monoisotopic (exact) mass is 277 g/mol. The van der Waals surface area contributed by atoms with Crippen LogP contribution in [0.2, 0.25) is 0 Å². The van der Waals surface area contributed by atoms with Gasteiger partial charge in [0.05, 0.1) is 10.5 Å². The van der Waals surface area contributed by atoms with Crippen LogP contribution in [0.1, 0.15) is 45.4 Å². The topological polar surface area (TPSA) is 55.4 Å². The van der Waals surface area contributed by atoms with Crippen LogP contribution in [0.15, 0.2) is 0 Å². The van der Waals surface area contributed by atoms with Gasteiger partial charge in [-0.15, -0.1) is 0 Å². The van der Waals surface area contributed by atoms with Gasteiger partial charge in [-0.3, -0.25) is 0 Å². The first-order chi connectivity index (χ1) is 8.59. The van der Waals surface area contributed by atoms with E-state index in [0.29, 0.717) is 6.54 Å². The number of hydrogen-bond acceptors (Lipinski definition) is 4. The Bertz CT molecular complexity index is 310. The standard InChI is InChI=1S/C13H27NO3S/c1-12(11-14-9-6-10-17-2)18(15,16)13-7-4-3-5-8-13/h12-14H,3-11H2,1-2H3. The van der Waals surface area contributed by atoms with Gasteiger partial charge in [0, 0.05) is 20.3 Å². The largest absolute Gasteiger partial charge is 0.385 e. The Morgan fingerprint density at radius 1 is 1.28 bits per heavy atom. The number of rotatable bonds is 8. The molecule has 1 unspecified atom stereocenters. The lowest BCUT2D eigenvalue weighted by Crippen LogP contribution is -2.38. The van der Waals surface area contributed by atoms with Crippen LogP contribution in [0.3, 0.4) is 0 Å². The molecule has 0 amide bonds. The smallest absolute Gasteiger partial charge is 0.156 e. The van der Waals surface area contributed by atoms with Crippen molar-refractivity contribution in [3.8, 4) is 0 Å². The summed E-state index contributed by atoms with van der Waals surface area (Å²) in [6.07, 6.45) is 5.96. The van der Waals surface area contributed by atoms with Gasteiger partial charge in [-0.25, -0.2) is 8.42 Å². The maximum Gasteiger partial charge on any atom is 0.156 e. The maximum absolute atomic E-state index is 12.3. The van der Waals surface area contributed by atoms with E-state index in [1.165, 1.54) is 6.42 Å². The first-order valence-electron chi connectivity index (χ1n) is 7.01. The molecule has 0 spiro atoms. The minimum Gasteiger partial charge on any atom is -0.385 e. The third-order valence-corrected chi connectivity index (χ3v) is 6.40. The molecule has 0 aromatic heterocycles. The second kappa shape index (κ2) is 8.12. The second-order valence-corrected chi connectivity index (χ2v) is 7.86. The zero-order valence-corrected chi connectivity index (χ0v) is 12.5. The van der Waals surface area contributed by atoms with Crippen molar-refractivity contribution in [3.05, 3.63) is 0 Å². The molecule has 0 aromatic carbocycles. The predicted octanol–water partition coefficient (Wildman–Crippen LogP) is 1.75. The highest BCUT2D eigenvalue weighted by molar-refractivity contribution is 7.92. The Kier molecular flexibility index (Phi) is 7.19. The third kappa shape index (κ3) is 4.86. The van der Waals surface area contributed by atoms with Gasteiger partial charge >= 0.3 is 0 Å². The second-order valence-electron chi connectivity index (χ2n) is 5.21. The minimum absolute atomic E-state index is 0.0953. The number of nitrogens with one attached hydrogen (secondary N) is 1. The van der Waals surface area contributed by atoms with E-state index in [4.69, 9.17) is 4.74 Å².